The number of hydrogen-bond donors (Lipinski definition) is 1. The van der Waals surface area contributed by atoms with Crippen LogP contribution in [-0.4, -0.2) is 55.2 Å². The molecule has 0 bridgehead atoms. The van der Waals surface area contributed by atoms with Crippen LogP contribution in [0.15, 0.2) is 138 Å². The molecule has 0 unspecified atom stereocenters. The molecule has 1 aliphatic rings. The Balaban J connectivity index is 1.31. The molecule has 1 amide bonds. The molecule has 0 radical (unpaired) electrons. The van der Waals surface area contributed by atoms with Crippen LogP contribution in [0.5, 0.6) is 0 Å². The van der Waals surface area contributed by atoms with Crippen molar-refractivity contribution in [3.63, 3.8) is 0 Å². The number of benzene rings is 4. The molecular weight excluding hydrogens is 705 g/mol. The summed E-state index contributed by atoms with van der Waals surface area (Å²) in [5.41, 5.74) is -0.162. The summed E-state index contributed by atoms with van der Waals surface area (Å²) >= 11 is 0.836. The minimum atomic E-state index is -2.85. The molecular formula is C38H38FN3O3SSeSi. The van der Waals surface area contributed by atoms with Crippen molar-refractivity contribution in [3.05, 3.63) is 150 Å². The Kier molecular flexibility index (Phi) is 10.2. The van der Waals surface area contributed by atoms with Crippen LogP contribution in [0.4, 0.5) is 10.2 Å². The van der Waals surface area contributed by atoms with E-state index in [0.29, 0.717) is 12.2 Å². The number of halogens is 1. The van der Waals surface area contributed by atoms with E-state index in [0.717, 1.165) is 14.8 Å². The third kappa shape index (κ3) is 7.14. The summed E-state index contributed by atoms with van der Waals surface area (Å²) in [4.78, 5) is 30.4. The summed E-state index contributed by atoms with van der Waals surface area (Å²) in [5.74, 6) is -0.249. The fourth-order valence-electron chi connectivity index (χ4n) is 6.31. The van der Waals surface area contributed by atoms with E-state index < -0.39 is 38.9 Å². The van der Waals surface area contributed by atoms with Crippen LogP contribution in [0.3, 0.4) is 0 Å². The molecule has 4 aromatic carbocycles. The van der Waals surface area contributed by atoms with E-state index in [2.05, 4.69) is 79.6 Å². The number of thioether (sulfide) groups is 1. The van der Waals surface area contributed by atoms with E-state index in [1.54, 1.807) is 36.5 Å². The Morgan fingerprint density at radius 1 is 0.917 bits per heavy atom. The van der Waals surface area contributed by atoms with E-state index >= 15 is 4.39 Å². The third-order valence-electron chi connectivity index (χ3n) is 8.49. The molecule has 1 aliphatic heterocycles. The molecule has 0 spiro atoms. The third-order valence-corrected chi connectivity index (χ3v) is 18.0. The molecule has 1 aromatic heterocycles. The molecule has 5 aromatic rings. The van der Waals surface area contributed by atoms with Crippen molar-refractivity contribution >= 4 is 61.6 Å². The molecule has 48 heavy (non-hydrogen) atoms. The number of anilines is 1. The van der Waals surface area contributed by atoms with Crippen molar-refractivity contribution in [2.75, 3.05) is 11.9 Å². The van der Waals surface area contributed by atoms with Crippen molar-refractivity contribution in [2.45, 2.75) is 47.4 Å². The van der Waals surface area contributed by atoms with E-state index in [9.17, 15) is 9.59 Å². The fourth-order valence-corrected chi connectivity index (χ4v) is 15.8. The molecule has 2 heterocycles. The van der Waals surface area contributed by atoms with E-state index in [1.807, 2.05) is 48.5 Å². The van der Waals surface area contributed by atoms with Crippen molar-refractivity contribution in [1.29, 1.82) is 0 Å². The first-order valence-electron chi connectivity index (χ1n) is 15.9. The first-order chi connectivity index (χ1) is 23.1. The number of rotatable bonds is 10. The van der Waals surface area contributed by atoms with E-state index in [4.69, 9.17) is 4.43 Å². The molecule has 10 heteroatoms. The maximum absolute atomic E-state index is 17.5. The topological polar surface area (TPSA) is 73.2 Å². The van der Waals surface area contributed by atoms with Gasteiger partial charge in [-0.3, -0.25) is 0 Å². The number of amides is 1. The average molecular weight is 743 g/mol. The fraction of sp³-hybridized carbons (Fsp3) is 0.237. The minimum absolute atomic E-state index is 0.123. The molecule has 0 aliphatic carbocycles. The van der Waals surface area contributed by atoms with Gasteiger partial charge < -0.3 is 0 Å². The van der Waals surface area contributed by atoms with Crippen LogP contribution >= 0.6 is 11.8 Å². The van der Waals surface area contributed by atoms with Gasteiger partial charge in [0, 0.05) is 0 Å². The Morgan fingerprint density at radius 2 is 1.46 bits per heavy atom. The molecule has 1 fully saturated rings. The summed E-state index contributed by atoms with van der Waals surface area (Å²) in [5, 5.41) is 3.77. The van der Waals surface area contributed by atoms with E-state index in [1.165, 1.54) is 16.3 Å². The van der Waals surface area contributed by atoms with Crippen molar-refractivity contribution in [2.24, 2.45) is 0 Å². The van der Waals surface area contributed by atoms with Gasteiger partial charge in [0.2, 0.25) is 0 Å². The zero-order valence-corrected chi connectivity index (χ0v) is 30.6. The number of nitrogens with one attached hydrogen (secondary N) is 1. The number of aromatic nitrogens is 2. The summed E-state index contributed by atoms with van der Waals surface area (Å²) in [6.45, 7) is 7.01. The Hall–Kier alpha value is -3.79. The van der Waals surface area contributed by atoms with Gasteiger partial charge in [-0.15, -0.1) is 0 Å². The average Bonchev–Trinajstić information content (AvgIpc) is 3.41. The molecule has 6 nitrogen and oxygen atoms in total. The summed E-state index contributed by atoms with van der Waals surface area (Å²) in [7, 11) is -2.85. The maximum atomic E-state index is 17.5. The Labute approximate surface area is 292 Å². The van der Waals surface area contributed by atoms with Crippen LogP contribution in [-0.2, 0) is 4.43 Å². The summed E-state index contributed by atoms with van der Waals surface area (Å²) in [6, 6.07) is 40.7. The van der Waals surface area contributed by atoms with Crippen molar-refractivity contribution < 1.29 is 13.6 Å². The second-order valence-electron chi connectivity index (χ2n) is 12.8. The zero-order valence-electron chi connectivity index (χ0n) is 27.1. The number of hydrogen-bond acceptors (Lipinski definition) is 5. The predicted molar refractivity (Wildman–Crippen MR) is 197 cm³/mol. The Bertz CT molecular complexity index is 1860. The quantitative estimate of drug-likeness (QED) is 0.184. The predicted octanol–water partition coefficient (Wildman–Crippen LogP) is 5.77. The van der Waals surface area contributed by atoms with Gasteiger partial charge in [-0.25, -0.2) is 0 Å². The summed E-state index contributed by atoms with van der Waals surface area (Å²) in [6.07, 6.45) is 1.78. The standard InChI is InChI=1S/C38H38FN3O3SSeSi/c1-37(2,3)48(31-20-12-6-13-21-31,32-22-14-7-15-23-32)45-27-29-26-38(39,47-30-18-10-5-11-19-30)35(46-29)42-25-24-33(41-36(42)44)40-34(43)28-16-8-4-9-17-28/h4-25,29,35H,26-27H2,1-3H3,(H,40,41,43,44)/t29-,35+,38+/m0/s1. The number of carbonyl (C=O) groups excluding carboxylic acids is 1. The van der Waals surface area contributed by atoms with Crippen LogP contribution in [0, 0.1) is 0 Å². The molecule has 6 rings (SSSR count). The van der Waals surface area contributed by atoms with Gasteiger partial charge in [0.25, 0.3) is 0 Å². The monoisotopic (exact) mass is 743 g/mol. The normalized spacial score (nSPS) is 19.6. The first kappa shape index (κ1) is 34.1. The zero-order chi connectivity index (χ0) is 33.8. The SMILES string of the molecule is CC(C)(C)[Si](OC[C@@H]1C[C@@](F)([Se]c2ccccc2)[C@H](n2ccc(NC(=O)c3ccccc3)nc2=O)S1)(c1ccccc1)c1ccccc1. The van der Waals surface area contributed by atoms with Crippen LogP contribution < -0.4 is 25.8 Å². The van der Waals surface area contributed by atoms with Gasteiger partial charge in [0.05, 0.1) is 0 Å². The van der Waals surface area contributed by atoms with Crippen molar-refractivity contribution in [1.82, 2.24) is 9.55 Å². The van der Waals surface area contributed by atoms with Crippen LogP contribution in [0.2, 0.25) is 5.04 Å². The molecule has 0 saturated carbocycles. The van der Waals surface area contributed by atoms with Gasteiger partial charge in [-0.2, -0.15) is 0 Å². The van der Waals surface area contributed by atoms with Gasteiger partial charge in [-0.1, -0.05) is 0 Å². The molecule has 1 saturated heterocycles. The molecule has 1 N–H and O–H groups in total. The van der Waals surface area contributed by atoms with Gasteiger partial charge >= 0.3 is 294 Å². The molecule has 3 atom stereocenters. The Morgan fingerprint density at radius 3 is 2.00 bits per heavy atom. The number of carbonyl (C=O) groups is 1. The number of nitrogens with zero attached hydrogens (tertiary/aromatic N) is 2. The molecule has 246 valence electrons. The van der Waals surface area contributed by atoms with Gasteiger partial charge in [0.15, 0.2) is 0 Å². The second kappa shape index (κ2) is 14.4. The number of alkyl halides is 1. The van der Waals surface area contributed by atoms with Crippen LogP contribution in [0.1, 0.15) is 42.9 Å². The summed E-state index contributed by atoms with van der Waals surface area (Å²) < 4.78 is 25.3. The van der Waals surface area contributed by atoms with Crippen molar-refractivity contribution in [3.8, 4) is 0 Å². The van der Waals surface area contributed by atoms with Gasteiger partial charge in [-0.05, 0) is 0 Å². The van der Waals surface area contributed by atoms with Gasteiger partial charge in [0.1, 0.15) is 0 Å². The second-order valence-corrected chi connectivity index (χ2v) is 21.3. The first-order valence-corrected chi connectivity index (χ1v) is 20.4. The van der Waals surface area contributed by atoms with Crippen LogP contribution in [0.25, 0.3) is 0 Å². The van der Waals surface area contributed by atoms with E-state index in [-0.39, 0.29) is 28.4 Å².